The van der Waals surface area contributed by atoms with Gasteiger partial charge in [0.05, 0.1) is 30.0 Å². The van der Waals surface area contributed by atoms with Crippen molar-refractivity contribution in [2.24, 2.45) is 0 Å². The van der Waals surface area contributed by atoms with Gasteiger partial charge in [-0.15, -0.1) is 11.8 Å². The number of ether oxygens (including phenoxy) is 2. The first-order valence-electron chi connectivity index (χ1n) is 7.24. The summed E-state index contributed by atoms with van der Waals surface area (Å²) in [6.07, 6.45) is 0. The number of hydrogen-bond donors (Lipinski definition) is 0. The zero-order chi connectivity index (χ0) is 17.8. The highest BCUT2D eigenvalue weighted by atomic mass is 35.5. The van der Waals surface area contributed by atoms with E-state index >= 15 is 0 Å². The maximum absolute atomic E-state index is 6.16. The molecule has 25 heavy (non-hydrogen) atoms. The quantitative estimate of drug-likeness (QED) is 0.523. The Kier molecular flexibility index (Phi) is 5.73. The number of methoxy groups -OCH3 is 2. The lowest BCUT2D eigenvalue weighted by atomic mass is 10.2. The van der Waals surface area contributed by atoms with Crippen LogP contribution in [0.3, 0.4) is 0 Å². The molecular weight excluding hydrogens is 383 g/mol. The molecule has 2 aromatic carbocycles. The van der Waals surface area contributed by atoms with E-state index in [0.29, 0.717) is 39.0 Å². The van der Waals surface area contributed by atoms with Crippen LogP contribution < -0.4 is 9.47 Å². The van der Waals surface area contributed by atoms with E-state index in [2.05, 4.69) is 10.1 Å². The second-order valence-electron chi connectivity index (χ2n) is 4.92. The number of rotatable bonds is 6. The smallest absolute Gasteiger partial charge is 0.237 e. The molecular formula is C17H14Cl2N2O3S. The molecule has 1 aromatic heterocycles. The summed E-state index contributed by atoms with van der Waals surface area (Å²) in [6, 6.07) is 10.8. The van der Waals surface area contributed by atoms with Crippen LogP contribution in [0.25, 0.3) is 11.4 Å². The van der Waals surface area contributed by atoms with E-state index in [4.69, 9.17) is 37.2 Å². The van der Waals surface area contributed by atoms with E-state index in [1.807, 2.05) is 6.07 Å². The van der Waals surface area contributed by atoms with Crippen molar-refractivity contribution >= 4 is 35.0 Å². The van der Waals surface area contributed by atoms with Crippen molar-refractivity contribution in [3.63, 3.8) is 0 Å². The summed E-state index contributed by atoms with van der Waals surface area (Å²) in [7, 11) is 3.16. The van der Waals surface area contributed by atoms with Gasteiger partial charge in [0.1, 0.15) is 0 Å². The van der Waals surface area contributed by atoms with Gasteiger partial charge in [0, 0.05) is 10.5 Å². The van der Waals surface area contributed by atoms with Crippen LogP contribution >= 0.6 is 35.0 Å². The zero-order valence-corrected chi connectivity index (χ0v) is 15.8. The van der Waals surface area contributed by atoms with Crippen molar-refractivity contribution in [2.75, 3.05) is 14.2 Å². The summed E-state index contributed by atoms with van der Waals surface area (Å²) < 4.78 is 15.8. The van der Waals surface area contributed by atoms with Crippen LogP contribution in [0.15, 0.2) is 45.8 Å². The molecule has 130 valence electrons. The minimum atomic E-state index is 0.462. The molecule has 0 saturated carbocycles. The first kappa shape index (κ1) is 17.9. The lowest BCUT2D eigenvalue weighted by Gasteiger charge is -2.07. The molecule has 0 unspecified atom stereocenters. The molecule has 0 aliphatic rings. The lowest BCUT2D eigenvalue weighted by molar-refractivity contribution is 0.355. The summed E-state index contributed by atoms with van der Waals surface area (Å²) in [6.45, 7) is 0. The van der Waals surface area contributed by atoms with E-state index in [-0.39, 0.29) is 0 Å². The predicted molar refractivity (Wildman–Crippen MR) is 98.9 cm³/mol. The topological polar surface area (TPSA) is 57.4 Å². The summed E-state index contributed by atoms with van der Waals surface area (Å²) >= 11 is 13.8. The molecule has 3 aromatic rings. The molecule has 0 fully saturated rings. The molecule has 1 heterocycles. The van der Waals surface area contributed by atoms with E-state index in [9.17, 15) is 0 Å². The van der Waals surface area contributed by atoms with Crippen LogP contribution in [-0.4, -0.2) is 24.4 Å². The molecule has 0 atom stereocenters. The first-order valence-corrected chi connectivity index (χ1v) is 8.98. The Bertz CT molecular complexity index is 866. The fourth-order valence-corrected chi connectivity index (χ4v) is 3.68. The number of hydrogen-bond acceptors (Lipinski definition) is 6. The fourth-order valence-electron chi connectivity index (χ4n) is 2.16. The van der Waals surface area contributed by atoms with E-state index in [1.165, 1.54) is 11.8 Å². The van der Waals surface area contributed by atoms with E-state index < -0.39 is 0 Å². The maximum Gasteiger partial charge on any atom is 0.237 e. The van der Waals surface area contributed by atoms with Crippen molar-refractivity contribution in [1.82, 2.24) is 10.1 Å². The van der Waals surface area contributed by atoms with Crippen LogP contribution in [0.5, 0.6) is 11.5 Å². The van der Waals surface area contributed by atoms with E-state index in [1.54, 1.807) is 44.6 Å². The summed E-state index contributed by atoms with van der Waals surface area (Å²) in [4.78, 5) is 5.19. The monoisotopic (exact) mass is 396 g/mol. The minimum Gasteiger partial charge on any atom is -0.493 e. The summed E-state index contributed by atoms with van der Waals surface area (Å²) in [5.41, 5.74) is 0.772. The third-order valence-corrected chi connectivity index (χ3v) is 5.34. The molecule has 0 saturated heterocycles. The Labute approximate surface area is 159 Å². The maximum atomic E-state index is 6.16. The Morgan fingerprint density at radius 2 is 1.76 bits per heavy atom. The first-order chi connectivity index (χ1) is 12.1. The van der Waals surface area contributed by atoms with Crippen molar-refractivity contribution in [3.05, 3.63) is 52.3 Å². The molecule has 0 aliphatic carbocycles. The molecule has 5 nitrogen and oxygen atoms in total. The normalized spacial score (nSPS) is 10.7. The largest absolute Gasteiger partial charge is 0.493 e. The highest BCUT2D eigenvalue weighted by Crippen LogP contribution is 2.36. The average Bonchev–Trinajstić information content (AvgIpc) is 3.09. The van der Waals surface area contributed by atoms with Gasteiger partial charge in [0.15, 0.2) is 11.5 Å². The lowest BCUT2D eigenvalue weighted by Crippen LogP contribution is -1.91. The molecule has 0 bridgehead atoms. The molecule has 0 spiro atoms. The highest BCUT2D eigenvalue weighted by Gasteiger charge is 2.14. The summed E-state index contributed by atoms with van der Waals surface area (Å²) in [5.74, 6) is 2.65. The van der Waals surface area contributed by atoms with Crippen molar-refractivity contribution in [3.8, 4) is 22.9 Å². The number of halogens is 2. The number of nitrogens with zero attached hydrogens (tertiary/aromatic N) is 2. The van der Waals surface area contributed by atoms with Crippen molar-refractivity contribution < 1.29 is 14.0 Å². The van der Waals surface area contributed by atoms with Crippen molar-refractivity contribution in [1.29, 1.82) is 0 Å². The van der Waals surface area contributed by atoms with Gasteiger partial charge >= 0.3 is 0 Å². The van der Waals surface area contributed by atoms with Crippen LogP contribution in [0.1, 0.15) is 5.89 Å². The molecule has 8 heteroatoms. The fraction of sp³-hybridized carbons (Fsp3) is 0.176. The Balaban J connectivity index is 1.77. The minimum absolute atomic E-state index is 0.462. The number of benzene rings is 2. The third-order valence-electron chi connectivity index (χ3n) is 3.37. The van der Waals surface area contributed by atoms with Gasteiger partial charge in [-0.1, -0.05) is 34.4 Å². The van der Waals surface area contributed by atoms with Gasteiger partial charge in [0.25, 0.3) is 0 Å². The Hall–Kier alpha value is -1.89. The highest BCUT2D eigenvalue weighted by molar-refractivity contribution is 7.98. The molecule has 0 N–H and O–H groups in total. The number of thioether (sulfide) groups is 1. The predicted octanol–water partition coefficient (Wildman–Crippen LogP) is 5.35. The van der Waals surface area contributed by atoms with Crippen LogP contribution in [0.4, 0.5) is 0 Å². The second kappa shape index (κ2) is 7.99. The molecule has 3 rings (SSSR count). The average molecular weight is 397 g/mol. The van der Waals surface area contributed by atoms with E-state index in [0.717, 1.165) is 10.5 Å². The number of aromatic nitrogens is 2. The van der Waals surface area contributed by atoms with Crippen molar-refractivity contribution in [2.45, 2.75) is 10.6 Å². The molecule has 0 radical (unpaired) electrons. The third kappa shape index (κ3) is 4.03. The SMILES string of the molecule is COc1ccc(-c2noc(CSc3c(Cl)cccc3Cl)n2)cc1OC. The van der Waals surface area contributed by atoms with Gasteiger partial charge in [-0.25, -0.2) is 0 Å². The van der Waals surface area contributed by atoms with Crippen LogP contribution in [0.2, 0.25) is 10.0 Å². The second-order valence-corrected chi connectivity index (χ2v) is 6.72. The Morgan fingerprint density at radius 1 is 1.04 bits per heavy atom. The summed E-state index contributed by atoms with van der Waals surface area (Å²) in [5, 5.41) is 5.20. The molecule has 0 amide bonds. The van der Waals surface area contributed by atoms with Gasteiger partial charge in [0.2, 0.25) is 11.7 Å². The zero-order valence-electron chi connectivity index (χ0n) is 13.5. The standard InChI is InChI=1S/C17H14Cl2N2O3S/c1-22-13-7-6-10(8-14(13)23-2)17-20-15(24-21-17)9-25-16-11(18)4-3-5-12(16)19/h3-8H,9H2,1-2H3. The van der Waals surface area contributed by atoms with Gasteiger partial charge in [-0.3, -0.25) is 0 Å². The van der Waals surface area contributed by atoms with Crippen LogP contribution in [0, 0.1) is 0 Å². The van der Waals surface area contributed by atoms with Crippen LogP contribution in [-0.2, 0) is 5.75 Å². The molecule has 0 aliphatic heterocycles. The van der Waals surface area contributed by atoms with Gasteiger partial charge in [-0.2, -0.15) is 4.98 Å². The Morgan fingerprint density at radius 3 is 2.44 bits per heavy atom. The van der Waals surface area contributed by atoms with Gasteiger partial charge in [-0.05, 0) is 30.3 Å². The van der Waals surface area contributed by atoms with Gasteiger partial charge < -0.3 is 14.0 Å².